The number of nitrogens with zero attached hydrogens (tertiary/aromatic N) is 1. The third-order valence-electron chi connectivity index (χ3n) is 2.44. The van der Waals surface area contributed by atoms with Gasteiger partial charge in [-0.1, -0.05) is 0 Å². The summed E-state index contributed by atoms with van der Waals surface area (Å²) in [5.74, 6) is 1.57. The van der Waals surface area contributed by atoms with Crippen LogP contribution in [0.5, 0.6) is 11.5 Å². The number of rotatable bonds is 0. The highest BCUT2D eigenvalue weighted by molar-refractivity contribution is 9.10. The lowest BCUT2D eigenvalue weighted by molar-refractivity contribution is 0.174. The number of fused-ring (bicyclic) bond motifs is 2. The fourth-order valence-corrected chi connectivity index (χ4v) is 1.95. The van der Waals surface area contributed by atoms with Crippen molar-refractivity contribution in [3.63, 3.8) is 0 Å². The fourth-order valence-electron chi connectivity index (χ4n) is 1.65. The standard InChI is InChI=1S/C11H8BrNO2/c1-6-2-7-3-9-10(15-5-14-9)4-8(7)13-11(6)12/h2-4H,5H2,1H3. The number of ether oxygens (including phenoxy) is 2. The summed E-state index contributed by atoms with van der Waals surface area (Å²) < 4.78 is 11.5. The van der Waals surface area contributed by atoms with Crippen LogP contribution < -0.4 is 9.47 Å². The quantitative estimate of drug-likeness (QED) is 0.687. The van der Waals surface area contributed by atoms with Crippen molar-refractivity contribution in [2.45, 2.75) is 6.92 Å². The van der Waals surface area contributed by atoms with Gasteiger partial charge in [0.2, 0.25) is 6.79 Å². The van der Waals surface area contributed by atoms with Gasteiger partial charge in [-0.2, -0.15) is 0 Å². The first-order valence-electron chi connectivity index (χ1n) is 4.60. The molecule has 2 aromatic rings. The third-order valence-corrected chi connectivity index (χ3v) is 3.24. The van der Waals surface area contributed by atoms with Gasteiger partial charge < -0.3 is 9.47 Å². The highest BCUT2D eigenvalue weighted by Crippen LogP contribution is 2.36. The Balaban J connectivity index is 2.34. The molecule has 0 aliphatic carbocycles. The van der Waals surface area contributed by atoms with Crippen molar-refractivity contribution in [3.8, 4) is 11.5 Å². The zero-order valence-electron chi connectivity index (χ0n) is 8.08. The molecule has 15 heavy (non-hydrogen) atoms. The molecule has 4 heteroatoms. The number of halogens is 1. The summed E-state index contributed by atoms with van der Waals surface area (Å²) in [5, 5.41) is 1.07. The van der Waals surface area contributed by atoms with Gasteiger partial charge in [-0.05, 0) is 40.5 Å². The summed E-state index contributed by atoms with van der Waals surface area (Å²) in [4.78, 5) is 4.43. The van der Waals surface area contributed by atoms with Crippen LogP contribution >= 0.6 is 15.9 Å². The van der Waals surface area contributed by atoms with Crippen molar-refractivity contribution < 1.29 is 9.47 Å². The van der Waals surface area contributed by atoms with Crippen LogP contribution in [0.3, 0.4) is 0 Å². The van der Waals surface area contributed by atoms with Gasteiger partial charge in [0, 0.05) is 11.5 Å². The summed E-state index contributed by atoms with van der Waals surface area (Å²) in [6.07, 6.45) is 0. The van der Waals surface area contributed by atoms with E-state index in [0.717, 1.165) is 32.6 Å². The largest absolute Gasteiger partial charge is 0.454 e. The Morgan fingerprint density at radius 1 is 1.20 bits per heavy atom. The van der Waals surface area contributed by atoms with Gasteiger partial charge in [-0.15, -0.1) is 0 Å². The maximum atomic E-state index is 5.31. The minimum atomic E-state index is 0.297. The van der Waals surface area contributed by atoms with Gasteiger partial charge in [0.15, 0.2) is 11.5 Å². The van der Waals surface area contributed by atoms with E-state index < -0.39 is 0 Å². The summed E-state index contributed by atoms with van der Waals surface area (Å²) in [5.41, 5.74) is 2.03. The minimum Gasteiger partial charge on any atom is -0.454 e. The number of aryl methyl sites for hydroxylation is 1. The summed E-state index contributed by atoms with van der Waals surface area (Å²) >= 11 is 3.41. The van der Waals surface area contributed by atoms with E-state index in [-0.39, 0.29) is 0 Å². The number of hydrogen-bond donors (Lipinski definition) is 0. The molecular weight excluding hydrogens is 258 g/mol. The average molecular weight is 266 g/mol. The topological polar surface area (TPSA) is 31.4 Å². The second-order valence-corrected chi connectivity index (χ2v) is 4.25. The van der Waals surface area contributed by atoms with E-state index >= 15 is 0 Å². The van der Waals surface area contributed by atoms with Crippen LogP contribution in [-0.4, -0.2) is 11.8 Å². The van der Waals surface area contributed by atoms with Crippen LogP contribution in [0.1, 0.15) is 5.56 Å². The second-order valence-electron chi connectivity index (χ2n) is 3.49. The molecule has 0 fully saturated rings. The van der Waals surface area contributed by atoms with E-state index in [4.69, 9.17) is 9.47 Å². The normalized spacial score (nSPS) is 13.5. The Kier molecular flexibility index (Phi) is 1.85. The first-order valence-corrected chi connectivity index (χ1v) is 5.40. The molecule has 0 spiro atoms. The molecule has 0 unspecified atom stereocenters. The van der Waals surface area contributed by atoms with E-state index in [2.05, 4.69) is 27.0 Å². The van der Waals surface area contributed by atoms with E-state index in [1.165, 1.54) is 0 Å². The smallest absolute Gasteiger partial charge is 0.231 e. The molecule has 1 aromatic heterocycles. The lowest BCUT2D eigenvalue weighted by Crippen LogP contribution is -1.92. The molecule has 1 aliphatic heterocycles. The molecule has 1 aromatic carbocycles. The van der Waals surface area contributed by atoms with Crippen molar-refractivity contribution >= 4 is 26.8 Å². The van der Waals surface area contributed by atoms with Crippen LogP contribution in [-0.2, 0) is 0 Å². The van der Waals surface area contributed by atoms with Gasteiger partial charge >= 0.3 is 0 Å². The Morgan fingerprint density at radius 2 is 1.93 bits per heavy atom. The van der Waals surface area contributed by atoms with Crippen LogP contribution in [0.15, 0.2) is 22.8 Å². The maximum Gasteiger partial charge on any atom is 0.231 e. The molecule has 2 heterocycles. The SMILES string of the molecule is Cc1cc2cc3c(cc2nc1Br)OCO3. The molecule has 0 atom stereocenters. The summed E-state index contributed by atoms with van der Waals surface area (Å²) in [7, 11) is 0. The second kappa shape index (κ2) is 3.10. The number of pyridine rings is 1. The van der Waals surface area contributed by atoms with Crippen LogP contribution in [0, 0.1) is 6.92 Å². The molecule has 3 rings (SSSR count). The van der Waals surface area contributed by atoms with Gasteiger partial charge in [-0.25, -0.2) is 4.98 Å². The zero-order valence-corrected chi connectivity index (χ0v) is 9.67. The molecule has 0 saturated heterocycles. The van der Waals surface area contributed by atoms with Crippen LogP contribution in [0.2, 0.25) is 0 Å². The molecule has 3 nitrogen and oxygen atoms in total. The summed E-state index contributed by atoms with van der Waals surface area (Å²) in [6.45, 7) is 2.31. The molecule has 0 bridgehead atoms. The molecule has 0 amide bonds. The highest BCUT2D eigenvalue weighted by Gasteiger charge is 2.15. The number of aromatic nitrogens is 1. The average Bonchev–Trinajstić information content (AvgIpc) is 2.63. The van der Waals surface area contributed by atoms with Gasteiger partial charge in [0.25, 0.3) is 0 Å². The van der Waals surface area contributed by atoms with E-state index in [9.17, 15) is 0 Å². The first-order chi connectivity index (χ1) is 7.24. The van der Waals surface area contributed by atoms with E-state index in [1.807, 2.05) is 19.1 Å². The minimum absolute atomic E-state index is 0.297. The predicted octanol–water partition coefficient (Wildman–Crippen LogP) is 3.03. The molecule has 0 radical (unpaired) electrons. The van der Waals surface area contributed by atoms with E-state index in [0.29, 0.717) is 6.79 Å². The predicted molar refractivity (Wildman–Crippen MR) is 60.3 cm³/mol. The Hall–Kier alpha value is -1.29. The van der Waals surface area contributed by atoms with Crippen molar-refractivity contribution in [1.29, 1.82) is 0 Å². The number of benzene rings is 1. The molecule has 0 saturated carbocycles. The Bertz CT molecular complexity index is 505. The van der Waals surface area contributed by atoms with Crippen LogP contribution in [0.25, 0.3) is 10.9 Å². The lowest BCUT2D eigenvalue weighted by atomic mass is 10.1. The van der Waals surface area contributed by atoms with Gasteiger partial charge in [0.05, 0.1) is 5.52 Å². The van der Waals surface area contributed by atoms with Gasteiger partial charge in [-0.3, -0.25) is 0 Å². The lowest BCUT2D eigenvalue weighted by Gasteiger charge is -2.03. The van der Waals surface area contributed by atoms with Crippen LogP contribution in [0.4, 0.5) is 0 Å². The van der Waals surface area contributed by atoms with Gasteiger partial charge in [0.1, 0.15) is 4.60 Å². The van der Waals surface area contributed by atoms with Crippen molar-refractivity contribution in [1.82, 2.24) is 4.98 Å². The molecular formula is C11H8BrNO2. The Morgan fingerprint density at radius 3 is 2.73 bits per heavy atom. The third kappa shape index (κ3) is 1.36. The molecule has 76 valence electrons. The van der Waals surface area contributed by atoms with Crippen molar-refractivity contribution in [3.05, 3.63) is 28.4 Å². The highest BCUT2D eigenvalue weighted by atomic mass is 79.9. The monoisotopic (exact) mass is 265 g/mol. The fraction of sp³-hybridized carbons (Fsp3) is 0.182. The Labute approximate surface area is 95.2 Å². The first kappa shape index (κ1) is 8.97. The molecule has 0 N–H and O–H groups in total. The van der Waals surface area contributed by atoms with E-state index in [1.54, 1.807) is 0 Å². The van der Waals surface area contributed by atoms with Crippen molar-refractivity contribution in [2.75, 3.05) is 6.79 Å². The zero-order chi connectivity index (χ0) is 10.4. The summed E-state index contributed by atoms with van der Waals surface area (Å²) in [6, 6.07) is 5.94. The molecule has 1 aliphatic rings. The van der Waals surface area contributed by atoms with Crippen molar-refractivity contribution in [2.24, 2.45) is 0 Å². The maximum absolute atomic E-state index is 5.31. The number of hydrogen-bond acceptors (Lipinski definition) is 3.